The second kappa shape index (κ2) is 4.06. The molecule has 3 heterocycles. The van der Waals surface area contributed by atoms with Crippen molar-refractivity contribution in [2.24, 2.45) is 0 Å². The van der Waals surface area contributed by atoms with Crippen LogP contribution in [0.5, 0.6) is 0 Å². The molecule has 3 rings (SSSR count). The number of aromatic nitrogens is 4. The van der Waals surface area contributed by atoms with E-state index in [1.165, 1.54) is 0 Å². The third-order valence-electron chi connectivity index (χ3n) is 2.31. The van der Waals surface area contributed by atoms with E-state index < -0.39 is 0 Å². The van der Waals surface area contributed by atoms with Crippen molar-refractivity contribution < 1.29 is 4.52 Å². The van der Waals surface area contributed by atoms with Gasteiger partial charge >= 0.3 is 0 Å². The average molecular weight is 250 g/mol. The van der Waals surface area contributed by atoms with Gasteiger partial charge in [0.25, 0.3) is 0 Å². The molecule has 7 heteroatoms. The highest BCUT2D eigenvalue weighted by atomic mass is 35.5. The van der Waals surface area contributed by atoms with Crippen molar-refractivity contribution in [2.45, 2.75) is 6.54 Å². The summed E-state index contributed by atoms with van der Waals surface area (Å²) in [6, 6.07) is 3.67. The van der Waals surface area contributed by atoms with Gasteiger partial charge in [0.2, 0.25) is 5.28 Å². The molecule has 17 heavy (non-hydrogen) atoms. The van der Waals surface area contributed by atoms with Crippen LogP contribution in [0.25, 0.3) is 11.0 Å². The standard InChI is InChI=1S/C10H8ClN5O/c11-10-15-8-7(2-3-12-8)9(16-10)13-5-6-1-4-14-17-6/h1-4H,5H2,(H2,12,13,15,16). The zero-order chi connectivity index (χ0) is 11.7. The summed E-state index contributed by atoms with van der Waals surface area (Å²) in [5.41, 5.74) is 0.699. The third kappa shape index (κ3) is 1.94. The van der Waals surface area contributed by atoms with Crippen LogP contribution in [-0.2, 0) is 6.54 Å². The van der Waals surface area contributed by atoms with Gasteiger partial charge in [0.05, 0.1) is 18.1 Å². The maximum absolute atomic E-state index is 5.82. The Morgan fingerprint density at radius 1 is 1.35 bits per heavy atom. The number of nitrogens with zero attached hydrogens (tertiary/aromatic N) is 3. The molecule has 0 saturated carbocycles. The molecule has 0 fully saturated rings. The molecule has 0 saturated heterocycles. The highest BCUT2D eigenvalue weighted by Crippen LogP contribution is 2.21. The van der Waals surface area contributed by atoms with Gasteiger partial charge in [0.1, 0.15) is 11.5 Å². The predicted octanol–water partition coefficient (Wildman–Crippen LogP) is 2.21. The molecular formula is C10H8ClN5O. The second-order valence-electron chi connectivity index (χ2n) is 3.41. The van der Waals surface area contributed by atoms with Crippen LogP contribution in [-0.4, -0.2) is 20.1 Å². The van der Waals surface area contributed by atoms with Crippen LogP contribution in [0, 0.1) is 0 Å². The molecule has 0 aliphatic heterocycles. The largest absolute Gasteiger partial charge is 0.362 e. The molecular weight excluding hydrogens is 242 g/mol. The van der Waals surface area contributed by atoms with Crippen molar-refractivity contribution >= 4 is 28.5 Å². The maximum Gasteiger partial charge on any atom is 0.226 e. The second-order valence-corrected chi connectivity index (χ2v) is 3.75. The lowest BCUT2D eigenvalue weighted by Gasteiger charge is -2.04. The SMILES string of the molecule is Clc1nc(NCc2ccno2)c2cc[nH]c2n1. The van der Waals surface area contributed by atoms with Gasteiger partial charge in [-0.3, -0.25) is 0 Å². The number of H-pyrrole nitrogens is 1. The predicted molar refractivity (Wildman–Crippen MR) is 62.7 cm³/mol. The monoisotopic (exact) mass is 249 g/mol. The van der Waals surface area contributed by atoms with Gasteiger partial charge in [-0.1, -0.05) is 5.16 Å². The quantitative estimate of drug-likeness (QED) is 0.696. The maximum atomic E-state index is 5.82. The Morgan fingerprint density at radius 3 is 3.12 bits per heavy atom. The number of rotatable bonds is 3. The van der Waals surface area contributed by atoms with Gasteiger partial charge in [-0.05, 0) is 17.7 Å². The molecule has 6 nitrogen and oxygen atoms in total. The molecule has 0 atom stereocenters. The fourth-order valence-corrected chi connectivity index (χ4v) is 1.72. The summed E-state index contributed by atoms with van der Waals surface area (Å²) in [5.74, 6) is 1.39. The first-order valence-electron chi connectivity index (χ1n) is 4.97. The molecule has 2 N–H and O–H groups in total. The number of fused-ring (bicyclic) bond motifs is 1. The van der Waals surface area contributed by atoms with Crippen molar-refractivity contribution in [3.05, 3.63) is 35.6 Å². The van der Waals surface area contributed by atoms with Gasteiger partial charge in [-0.15, -0.1) is 0 Å². The molecule has 0 amide bonds. The van der Waals surface area contributed by atoms with Gasteiger partial charge in [-0.25, -0.2) is 4.98 Å². The molecule has 0 unspecified atom stereocenters. The Labute approximate surface area is 101 Å². The third-order valence-corrected chi connectivity index (χ3v) is 2.48. The van der Waals surface area contributed by atoms with Crippen molar-refractivity contribution in [3.63, 3.8) is 0 Å². The van der Waals surface area contributed by atoms with Crippen molar-refractivity contribution in [3.8, 4) is 0 Å². The van der Waals surface area contributed by atoms with E-state index in [0.29, 0.717) is 18.0 Å². The van der Waals surface area contributed by atoms with E-state index in [2.05, 4.69) is 25.4 Å². The number of nitrogens with one attached hydrogen (secondary N) is 2. The molecule has 0 aliphatic rings. The Bertz CT molecular complexity index is 633. The smallest absolute Gasteiger partial charge is 0.226 e. The summed E-state index contributed by atoms with van der Waals surface area (Å²) in [5, 5.41) is 7.83. The molecule has 3 aromatic rings. The zero-order valence-corrected chi connectivity index (χ0v) is 9.40. The van der Waals surface area contributed by atoms with Crippen molar-refractivity contribution in [2.75, 3.05) is 5.32 Å². The lowest BCUT2D eigenvalue weighted by Crippen LogP contribution is -2.01. The average Bonchev–Trinajstić information content (AvgIpc) is 2.95. The zero-order valence-electron chi connectivity index (χ0n) is 8.64. The normalized spacial score (nSPS) is 10.9. The van der Waals surface area contributed by atoms with E-state index in [0.717, 1.165) is 11.1 Å². The number of anilines is 1. The number of aromatic amines is 1. The van der Waals surface area contributed by atoms with Crippen LogP contribution < -0.4 is 5.32 Å². The van der Waals surface area contributed by atoms with Crippen LogP contribution >= 0.6 is 11.6 Å². The minimum absolute atomic E-state index is 0.194. The fourth-order valence-electron chi connectivity index (χ4n) is 1.55. The molecule has 0 aliphatic carbocycles. The molecule has 0 bridgehead atoms. The molecule has 0 spiro atoms. The van der Waals surface area contributed by atoms with Crippen LogP contribution in [0.4, 0.5) is 5.82 Å². The van der Waals surface area contributed by atoms with E-state index in [1.807, 2.05) is 6.07 Å². The molecule has 0 radical (unpaired) electrons. The number of hydrogen-bond donors (Lipinski definition) is 2. The minimum Gasteiger partial charge on any atom is -0.362 e. The van der Waals surface area contributed by atoms with Gasteiger partial charge in [-0.2, -0.15) is 4.98 Å². The van der Waals surface area contributed by atoms with E-state index >= 15 is 0 Å². The Morgan fingerprint density at radius 2 is 2.29 bits per heavy atom. The fraction of sp³-hybridized carbons (Fsp3) is 0.100. The molecule has 86 valence electrons. The Kier molecular flexibility index (Phi) is 2.41. The van der Waals surface area contributed by atoms with Crippen LogP contribution in [0.2, 0.25) is 5.28 Å². The van der Waals surface area contributed by atoms with Gasteiger partial charge < -0.3 is 14.8 Å². The van der Waals surface area contributed by atoms with E-state index in [-0.39, 0.29) is 5.28 Å². The van der Waals surface area contributed by atoms with E-state index in [1.54, 1.807) is 18.5 Å². The number of hydrogen-bond acceptors (Lipinski definition) is 5. The highest BCUT2D eigenvalue weighted by Gasteiger charge is 2.07. The van der Waals surface area contributed by atoms with Crippen LogP contribution in [0.3, 0.4) is 0 Å². The summed E-state index contributed by atoms with van der Waals surface area (Å²) in [6.07, 6.45) is 3.38. The minimum atomic E-state index is 0.194. The van der Waals surface area contributed by atoms with E-state index in [9.17, 15) is 0 Å². The van der Waals surface area contributed by atoms with E-state index in [4.69, 9.17) is 16.1 Å². The van der Waals surface area contributed by atoms with Crippen molar-refractivity contribution in [1.82, 2.24) is 20.1 Å². The first-order valence-corrected chi connectivity index (χ1v) is 5.35. The lowest BCUT2D eigenvalue weighted by atomic mass is 10.3. The summed E-state index contributed by atoms with van der Waals surface area (Å²) < 4.78 is 4.98. The first kappa shape index (κ1) is 10.1. The lowest BCUT2D eigenvalue weighted by molar-refractivity contribution is 0.388. The summed E-state index contributed by atoms with van der Waals surface area (Å²) >= 11 is 5.82. The summed E-state index contributed by atoms with van der Waals surface area (Å²) in [7, 11) is 0. The summed E-state index contributed by atoms with van der Waals surface area (Å²) in [4.78, 5) is 11.2. The van der Waals surface area contributed by atoms with Crippen molar-refractivity contribution in [1.29, 1.82) is 0 Å². The molecule has 3 aromatic heterocycles. The van der Waals surface area contributed by atoms with Crippen LogP contribution in [0.1, 0.15) is 5.76 Å². The van der Waals surface area contributed by atoms with Gasteiger partial charge in [0.15, 0.2) is 5.76 Å². The Hall–Kier alpha value is -2.08. The molecule has 0 aromatic carbocycles. The first-order chi connectivity index (χ1) is 8.33. The number of halogens is 1. The van der Waals surface area contributed by atoms with Crippen LogP contribution in [0.15, 0.2) is 29.0 Å². The summed E-state index contributed by atoms with van der Waals surface area (Å²) in [6.45, 7) is 0.494. The highest BCUT2D eigenvalue weighted by molar-refractivity contribution is 6.28. The van der Waals surface area contributed by atoms with Gasteiger partial charge in [0, 0.05) is 12.3 Å². The Balaban J connectivity index is 1.91. The topological polar surface area (TPSA) is 79.6 Å².